The van der Waals surface area contributed by atoms with Crippen molar-refractivity contribution in [2.45, 2.75) is 19.3 Å². The van der Waals surface area contributed by atoms with Gasteiger partial charge in [0.15, 0.2) is 0 Å². The highest BCUT2D eigenvalue weighted by molar-refractivity contribution is 5.92. The largest absolute Gasteiger partial charge is 0.399 e. The second-order valence-electron chi connectivity index (χ2n) is 4.83. The Morgan fingerprint density at radius 1 is 1.30 bits per heavy atom. The minimum absolute atomic E-state index is 0.183. The third kappa shape index (κ3) is 3.82. The van der Waals surface area contributed by atoms with E-state index in [0.717, 1.165) is 6.42 Å². The van der Waals surface area contributed by atoms with Crippen LogP contribution in [0.3, 0.4) is 0 Å². The van der Waals surface area contributed by atoms with Crippen molar-refractivity contribution >= 4 is 11.6 Å². The molecule has 1 atom stereocenters. The van der Waals surface area contributed by atoms with Crippen molar-refractivity contribution in [3.63, 3.8) is 0 Å². The first-order chi connectivity index (χ1) is 9.66. The van der Waals surface area contributed by atoms with Crippen LogP contribution in [0, 0.1) is 0 Å². The Morgan fingerprint density at radius 3 is 2.75 bits per heavy atom. The lowest BCUT2D eigenvalue weighted by molar-refractivity contribution is 0.0947. The van der Waals surface area contributed by atoms with Gasteiger partial charge in [-0.3, -0.25) is 9.78 Å². The van der Waals surface area contributed by atoms with Gasteiger partial charge in [-0.15, -0.1) is 0 Å². The van der Waals surface area contributed by atoms with Gasteiger partial charge < -0.3 is 11.1 Å². The number of nitrogens with two attached hydrogens (primary N) is 1. The summed E-state index contributed by atoms with van der Waals surface area (Å²) in [6.45, 7) is 2.77. The summed E-state index contributed by atoms with van der Waals surface area (Å²) in [5.74, 6) is 0.225. The molecule has 4 heteroatoms. The Balaban J connectivity index is 1.83. The minimum atomic E-state index is -0.183. The molecule has 1 heterocycles. The van der Waals surface area contributed by atoms with Gasteiger partial charge in [-0.05, 0) is 30.0 Å². The molecule has 0 aliphatic carbocycles. The Morgan fingerprint density at radius 2 is 2.05 bits per heavy atom. The molecule has 1 amide bonds. The highest BCUT2D eigenvalue weighted by Gasteiger charge is 2.09. The van der Waals surface area contributed by atoms with Gasteiger partial charge in [0.2, 0.25) is 0 Å². The van der Waals surface area contributed by atoms with E-state index in [4.69, 9.17) is 5.73 Å². The predicted octanol–water partition coefficient (Wildman–Crippen LogP) is 2.59. The fourth-order valence-electron chi connectivity index (χ4n) is 2.01. The quantitative estimate of drug-likeness (QED) is 0.876. The molecule has 4 nitrogen and oxygen atoms in total. The SMILES string of the molecule is CC(CCNC(=O)c1cc(N)ccn1)c1ccccc1. The molecule has 0 spiro atoms. The van der Waals surface area contributed by atoms with Crippen molar-refractivity contribution in [2.24, 2.45) is 0 Å². The maximum absolute atomic E-state index is 11.9. The molecule has 0 fully saturated rings. The van der Waals surface area contributed by atoms with Crippen molar-refractivity contribution in [2.75, 3.05) is 12.3 Å². The number of anilines is 1. The number of nitrogens with one attached hydrogen (secondary N) is 1. The van der Waals surface area contributed by atoms with E-state index in [-0.39, 0.29) is 5.91 Å². The first-order valence-electron chi connectivity index (χ1n) is 6.71. The van der Waals surface area contributed by atoms with Crippen LogP contribution in [0.2, 0.25) is 0 Å². The van der Waals surface area contributed by atoms with E-state index in [1.165, 1.54) is 11.8 Å². The Labute approximate surface area is 119 Å². The number of benzene rings is 1. The summed E-state index contributed by atoms with van der Waals surface area (Å²) in [5.41, 5.74) is 7.81. The molecule has 0 aliphatic rings. The lowest BCUT2D eigenvalue weighted by Crippen LogP contribution is -2.26. The Kier molecular flexibility index (Phi) is 4.71. The topological polar surface area (TPSA) is 68.0 Å². The average molecular weight is 269 g/mol. The lowest BCUT2D eigenvalue weighted by atomic mass is 9.98. The average Bonchev–Trinajstić information content (AvgIpc) is 2.48. The molecular formula is C16H19N3O. The van der Waals surface area contributed by atoms with Crippen LogP contribution in [-0.2, 0) is 0 Å². The number of carbonyl (C=O) groups is 1. The zero-order valence-electron chi connectivity index (χ0n) is 11.5. The molecule has 1 aromatic carbocycles. The normalized spacial score (nSPS) is 11.8. The Hall–Kier alpha value is -2.36. The molecule has 0 radical (unpaired) electrons. The highest BCUT2D eigenvalue weighted by atomic mass is 16.1. The van der Waals surface area contributed by atoms with Crippen LogP contribution in [-0.4, -0.2) is 17.4 Å². The maximum Gasteiger partial charge on any atom is 0.269 e. The third-order valence-electron chi connectivity index (χ3n) is 3.25. The van der Waals surface area contributed by atoms with Crippen LogP contribution in [0.25, 0.3) is 0 Å². The van der Waals surface area contributed by atoms with Crippen LogP contribution in [0.1, 0.15) is 35.3 Å². The maximum atomic E-state index is 11.9. The van der Waals surface area contributed by atoms with E-state index < -0.39 is 0 Å². The number of aromatic nitrogens is 1. The molecule has 104 valence electrons. The van der Waals surface area contributed by atoms with E-state index in [1.54, 1.807) is 12.1 Å². The summed E-state index contributed by atoms with van der Waals surface area (Å²) in [5, 5.41) is 2.87. The van der Waals surface area contributed by atoms with E-state index in [0.29, 0.717) is 23.8 Å². The van der Waals surface area contributed by atoms with Gasteiger partial charge in [0, 0.05) is 18.4 Å². The predicted molar refractivity (Wildman–Crippen MR) is 80.5 cm³/mol. The van der Waals surface area contributed by atoms with Crippen molar-refractivity contribution in [3.05, 3.63) is 59.9 Å². The Bertz CT molecular complexity index is 569. The van der Waals surface area contributed by atoms with Crippen LogP contribution >= 0.6 is 0 Å². The van der Waals surface area contributed by atoms with Crippen molar-refractivity contribution < 1.29 is 4.79 Å². The van der Waals surface area contributed by atoms with Crippen LogP contribution in [0.15, 0.2) is 48.7 Å². The fourth-order valence-corrected chi connectivity index (χ4v) is 2.01. The third-order valence-corrected chi connectivity index (χ3v) is 3.25. The molecule has 1 unspecified atom stereocenters. The fraction of sp³-hybridized carbons (Fsp3) is 0.250. The summed E-state index contributed by atoms with van der Waals surface area (Å²) in [6, 6.07) is 13.5. The summed E-state index contributed by atoms with van der Waals surface area (Å²) >= 11 is 0. The summed E-state index contributed by atoms with van der Waals surface area (Å²) in [6.07, 6.45) is 2.43. The summed E-state index contributed by atoms with van der Waals surface area (Å²) in [4.78, 5) is 15.9. The summed E-state index contributed by atoms with van der Waals surface area (Å²) < 4.78 is 0. The molecule has 1 aromatic heterocycles. The van der Waals surface area contributed by atoms with E-state index in [2.05, 4.69) is 29.4 Å². The number of nitrogens with zero attached hydrogens (tertiary/aromatic N) is 1. The van der Waals surface area contributed by atoms with Crippen molar-refractivity contribution in [1.82, 2.24) is 10.3 Å². The number of hydrogen-bond donors (Lipinski definition) is 2. The first-order valence-corrected chi connectivity index (χ1v) is 6.71. The van der Waals surface area contributed by atoms with E-state index in [1.807, 2.05) is 18.2 Å². The number of amides is 1. The lowest BCUT2D eigenvalue weighted by Gasteiger charge is -2.12. The van der Waals surface area contributed by atoms with E-state index in [9.17, 15) is 4.79 Å². The molecule has 0 saturated heterocycles. The van der Waals surface area contributed by atoms with Crippen molar-refractivity contribution in [1.29, 1.82) is 0 Å². The van der Waals surface area contributed by atoms with Gasteiger partial charge >= 0.3 is 0 Å². The van der Waals surface area contributed by atoms with Gasteiger partial charge in [0.25, 0.3) is 5.91 Å². The molecule has 0 bridgehead atoms. The highest BCUT2D eigenvalue weighted by Crippen LogP contribution is 2.17. The smallest absolute Gasteiger partial charge is 0.269 e. The standard InChI is InChI=1S/C16H19N3O/c1-12(13-5-3-2-4-6-13)7-9-19-16(20)15-11-14(17)8-10-18-15/h2-6,8,10-12H,7,9H2,1H3,(H2,17,18)(H,19,20). The number of carbonyl (C=O) groups excluding carboxylic acids is 1. The number of pyridine rings is 1. The summed E-state index contributed by atoms with van der Waals surface area (Å²) in [7, 11) is 0. The van der Waals surface area contributed by atoms with Gasteiger partial charge in [-0.2, -0.15) is 0 Å². The number of rotatable bonds is 5. The molecular weight excluding hydrogens is 250 g/mol. The van der Waals surface area contributed by atoms with Gasteiger partial charge in [0.05, 0.1) is 0 Å². The van der Waals surface area contributed by atoms with Gasteiger partial charge in [-0.25, -0.2) is 0 Å². The number of hydrogen-bond acceptors (Lipinski definition) is 3. The molecule has 0 saturated carbocycles. The number of nitrogen functional groups attached to an aromatic ring is 1. The minimum Gasteiger partial charge on any atom is -0.399 e. The monoisotopic (exact) mass is 269 g/mol. The molecule has 20 heavy (non-hydrogen) atoms. The van der Waals surface area contributed by atoms with Gasteiger partial charge in [-0.1, -0.05) is 37.3 Å². The molecule has 3 N–H and O–H groups in total. The molecule has 0 aliphatic heterocycles. The van der Waals surface area contributed by atoms with Crippen LogP contribution < -0.4 is 11.1 Å². The second-order valence-corrected chi connectivity index (χ2v) is 4.83. The first kappa shape index (κ1) is 14.1. The second kappa shape index (κ2) is 6.70. The zero-order valence-corrected chi connectivity index (χ0v) is 11.5. The van der Waals surface area contributed by atoms with Crippen LogP contribution in [0.5, 0.6) is 0 Å². The molecule has 2 rings (SSSR count). The van der Waals surface area contributed by atoms with Crippen molar-refractivity contribution in [3.8, 4) is 0 Å². The molecule has 2 aromatic rings. The zero-order chi connectivity index (χ0) is 14.4. The van der Waals surface area contributed by atoms with E-state index >= 15 is 0 Å². The van der Waals surface area contributed by atoms with Gasteiger partial charge in [0.1, 0.15) is 5.69 Å². The van der Waals surface area contributed by atoms with Crippen LogP contribution in [0.4, 0.5) is 5.69 Å².